The predicted octanol–water partition coefficient (Wildman–Crippen LogP) is 4.57. The molecule has 15 heteroatoms. The van der Waals surface area contributed by atoms with Crippen LogP contribution in [-0.2, 0) is 25.3 Å². The molecule has 0 aliphatic rings. The van der Waals surface area contributed by atoms with Gasteiger partial charge in [0, 0.05) is 20.1 Å². The number of hydrogen-bond acceptors (Lipinski definition) is 10. The van der Waals surface area contributed by atoms with E-state index < -0.39 is 0 Å². The van der Waals surface area contributed by atoms with E-state index in [1.54, 1.807) is 35.1 Å². The third kappa shape index (κ3) is 9.71. The SMILES string of the molecule is [CH3][Sn+2][CH3].[S-]c1nncn1/N=C/c1ccc(Br)s1.[S-]c1nncn1/N=C/c1ccc(Br)s1. The molecule has 0 bridgehead atoms. The maximum atomic E-state index is 4.88. The number of nitrogens with zero attached hydrogens (tertiary/aromatic N) is 8. The van der Waals surface area contributed by atoms with Gasteiger partial charge >= 0.3 is 31.0 Å². The van der Waals surface area contributed by atoms with E-state index in [0.29, 0.717) is 10.3 Å². The summed E-state index contributed by atoms with van der Waals surface area (Å²) in [5, 5.41) is 23.5. The first-order valence-electron chi connectivity index (χ1n) is 8.25. The fourth-order valence-electron chi connectivity index (χ4n) is 1.63. The zero-order valence-corrected chi connectivity index (χ0v) is 25.4. The Bertz CT molecular complexity index is 1030. The van der Waals surface area contributed by atoms with Gasteiger partial charge in [0.1, 0.15) is 12.7 Å². The standard InChI is InChI=1S/2C7H5BrN4S2.2CH3.Sn/c2*8-6-2-1-5(14-6)3-10-12-4-9-11-7(12)13;;;/h2*1-4H,(H,11,13);2*1H3;/q;;;;+2/p-2/b2*10-3+;;;. The Hall–Kier alpha value is -0.781. The van der Waals surface area contributed by atoms with Crippen LogP contribution in [0.1, 0.15) is 9.75 Å². The fourth-order valence-corrected chi connectivity index (χ4v) is 4.49. The molecule has 4 heterocycles. The largest absolute Gasteiger partial charge is 0.738 e. The van der Waals surface area contributed by atoms with Crippen molar-refractivity contribution >= 4 is 113 Å². The Morgan fingerprint density at radius 2 is 1.23 bits per heavy atom. The third-order valence-corrected chi connectivity index (χ3v) is 6.46. The van der Waals surface area contributed by atoms with Crippen LogP contribution in [0, 0.1) is 0 Å². The van der Waals surface area contributed by atoms with Crippen molar-refractivity contribution in [3.05, 3.63) is 54.2 Å². The zero-order valence-electron chi connectivity index (χ0n) is 16.1. The van der Waals surface area contributed by atoms with Gasteiger partial charge in [-0.05, 0) is 56.1 Å². The Morgan fingerprint density at radius 1 is 0.839 bits per heavy atom. The van der Waals surface area contributed by atoms with Crippen molar-refractivity contribution < 1.29 is 0 Å². The van der Waals surface area contributed by atoms with Gasteiger partial charge < -0.3 is 25.3 Å². The molecule has 4 aromatic heterocycles. The van der Waals surface area contributed by atoms with Gasteiger partial charge in [-0.2, -0.15) is 20.4 Å². The smallest absolute Gasteiger partial charge is 0.139 e. The Balaban J connectivity index is 0.000000196. The first-order chi connectivity index (χ1) is 14.9. The van der Waals surface area contributed by atoms with Crippen LogP contribution in [0.3, 0.4) is 0 Å². The molecule has 0 amide bonds. The maximum Gasteiger partial charge on any atom is 0.139 e. The number of halogens is 2. The van der Waals surface area contributed by atoms with E-state index in [1.165, 1.54) is 22.0 Å². The minimum atomic E-state index is 0.230. The second-order valence-electron chi connectivity index (χ2n) is 5.19. The minimum Gasteiger partial charge on any atom is -0.738 e. The predicted molar refractivity (Wildman–Crippen MR) is 139 cm³/mol. The van der Waals surface area contributed by atoms with Gasteiger partial charge in [-0.25, -0.2) is 9.35 Å². The molecule has 0 unspecified atom stereocenters. The molecule has 4 rings (SSSR count). The van der Waals surface area contributed by atoms with Crippen molar-refractivity contribution in [1.29, 1.82) is 0 Å². The van der Waals surface area contributed by atoms with Crippen molar-refractivity contribution in [2.45, 2.75) is 20.2 Å². The van der Waals surface area contributed by atoms with Gasteiger partial charge in [0.25, 0.3) is 0 Å². The third-order valence-electron chi connectivity index (χ3n) is 2.81. The van der Waals surface area contributed by atoms with Crippen LogP contribution in [0.2, 0.25) is 9.88 Å². The van der Waals surface area contributed by atoms with E-state index in [0.717, 1.165) is 17.3 Å². The normalized spacial score (nSPS) is 10.5. The number of hydrogen-bond donors (Lipinski definition) is 0. The molecule has 0 aliphatic heterocycles. The summed E-state index contributed by atoms with van der Waals surface area (Å²) in [4.78, 5) is 6.67. The van der Waals surface area contributed by atoms with E-state index >= 15 is 0 Å². The van der Waals surface area contributed by atoms with E-state index in [2.05, 4.69) is 72.3 Å². The van der Waals surface area contributed by atoms with Crippen LogP contribution in [0.15, 0.2) is 65.0 Å². The molecule has 0 saturated heterocycles. The average molecular weight is 725 g/mol. The van der Waals surface area contributed by atoms with E-state index in [-0.39, 0.29) is 21.1 Å². The zero-order chi connectivity index (χ0) is 22.6. The van der Waals surface area contributed by atoms with Crippen molar-refractivity contribution in [2.75, 3.05) is 0 Å². The van der Waals surface area contributed by atoms with Gasteiger partial charge in [-0.1, -0.05) is 0 Å². The van der Waals surface area contributed by atoms with Crippen LogP contribution in [0.5, 0.6) is 0 Å². The van der Waals surface area contributed by atoms with Crippen LogP contribution in [-0.4, -0.2) is 63.3 Å². The molecule has 0 aromatic carbocycles. The van der Waals surface area contributed by atoms with Crippen LogP contribution >= 0.6 is 54.5 Å². The molecule has 0 spiro atoms. The average Bonchev–Trinajstić information content (AvgIpc) is 3.51. The number of aromatic nitrogens is 6. The summed E-state index contributed by atoms with van der Waals surface area (Å²) < 4.78 is 5.04. The summed E-state index contributed by atoms with van der Waals surface area (Å²) in [6, 6.07) is 7.86. The minimum absolute atomic E-state index is 0.230. The van der Waals surface area contributed by atoms with E-state index in [9.17, 15) is 0 Å². The van der Waals surface area contributed by atoms with Gasteiger partial charge in [-0.15, -0.1) is 32.9 Å². The van der Waals surface area contributed by atoms with Crippen LogP contribution in [0.4, 0.5) is 0 Å². The van der Waals surface area contributed by atoms with Gasteiger partial charge in [0.15, 0.2) is 0 Å². The van der Waals surface area contributed by atoms with Crippen molar-refractivity contribution in [1.82, 2.24) is 29.7 Å². The Kier molecular flexibility index (Phi) is 12.3. The maximum absolute atomic E-state index is 4.88. The second kappa shape index (κ2) is 14.4. The molecule has 0 atom stereocenters. The molecule has 8 nitrogen and oxygen atoms in total. The van der Waals surface area contributed by atoms with Gasteiger partial charge in [0.2, 0.25) is 0 Å². The molecule has 160 valence electrons. The van der Waals surface area contributed by atoms with Crippen LogP contribution in [0.25, 0.3) is 0 Å². The molecule has 0 N–H and O–H groups in total. The number of rotatable bonds is 4. The quantitative estimate of drug-likeness (QED) is 0.174. The summed E-state index contributed by atoms with van der Waals surface area (Å²) in [5.41, 5.74) is 0. The molecular weight excluding hydrogens is 711 g/mol. The van der Waals surface area contributed by atoms with Crippen molar-refractivity contribution in [3.8, 4) is 0 Å². The van der Waals surface area contributed by atoms with E-state index in [4.69, 9.17) is 25.3 Å². The first kappa shape index (κ1) is 26.5. The summed E-state index contributed by atoms with van der Waals surface area (Å²) >= 11 is 19.9. The van der Waals surface area contributed by atoms with E-state index in [1.807, 2.05) is 24.3 Å². The molecule has 4 aromatic rings. The molecule has 0 radical (unpaired) electrons. The Morgan fingerprint density at radius 3 is 1.48 bits per heavy atom. The van der Waals surface area contributed by atoms with Gasteiger partial charge in [0.05, 0.1) is 20.0 Å². The fraction of sp³-hybridized carbons (Fsp3) is 0.125. The summed E-state index contributed by atoms with van der Waals surface area (Å²) in [6.45, 7) is 0. The van der Waals surface area contributed by atoms with Crippen molar-refractivity contribution in [2.24, 2.45) is 10.2 Å². The topological polar surface area (TPSA) is 86.1 Å². The molecule has 0 fully saturated rings. The Labute approximate surface area is 225 Å². The molecular formula is C16H14Br2N8S4Sn. The second-order valence-corrected chi connectivity index (χ2v) is 13.8. The molecule has 0 saturated carbocycles. The molecule has 31 heavy (non-hydrogen) atoms. The summed E-state index contributed by atoms with van der Waals surface area (Å²) in [6.07, 6.45) is 6.38. The number of thiophene rings is 2. The summed E-state index contributed by atoms with van der Waals surface area (Å²) in [7, 11) is 0. The molecule has 0 aliphatic carbocycles. The monoisotopic (exact) mass is 724 g/mol. The van der Waals surface area contributed by atoms with Crippen LogP contribution < -0.4 is 0 Å². The van der Waals surface area contributed by atoms with Crippen molar-refractivity contribution in [3.63, 3.8) is 0 Å². The van der Waals surface area contributed by atoms with Gasteiger partial charge in [-0.3, -0.25) is 0 Å². The summed E-state index contributed by atoms with van der Waals surface area (Å²) in [5.74, 6) is 0. The first-order valence-corrected chi connectivity index (χ1v) is 18.0.